The van der Waals surface area contributed by atoms with Crippen LogP contribution in [0.4, 0.5) is 0 Å². The summed E-state index contributed by atoms with van der Waals surface area (Å²) < 4.78 is 67.4. The quantitative estimate of drug-likeness (QED) is 0.0222. The van der Waals surface area contributed by atoms with Gasteiger partial charge in [-0.3, -0.25) is 37.3 Å². The van der Waals surface area contributed by atoms with E-state index in [1.807, 2.05) is 0 Å². The molecule has 0 aromatic rings. The molecule has 0 aromatic heterocycles. The number of esters is 4. The summed E-state index contributed by atoms with van der Waals surface area (Å²) >= 11 is 0. The zero-order valence-corrected chi connectivity index (χ0v) is 49.6. The van der Waals surface area contributed by atoms with Crippen LogP contribution in [0.5, 0.6) is 0 Å². The summed E-state index contributed by atoms with van der Waals surface area (Å²) in [5, 5.41) is 10.5. The lowest BCUT2D eigenvalue weighted by molar-refractivity contribution is -0.161. The fourth-order valence-electron chi connectivity index (χ4n) is 8.12. The average molecular weight is 1120 g/mol. The topological polar surface area (TPSA) is 237 Å². The smallest absolute Gasteiger partial charge is 0.462 e. The van der Waals surface area contributed by atoms with Crippen molar-refractivity contribution in [1.82, 2.24) is 0 Å². The van der Waals surface area contributed by atoms with E-state index in [4.69, 9.17) is 37.0 Å². The lowest BCUT2D eigenvalue weighted by Gasteiger charge is -2.21. The van der Waals surface area contributed by atoms with Gasteiger partial charge in [-0.15, -0.1) is 0 Å². The molecule has 0 spiro atoms. The molecule has 0 aromatic carbocycles. The summed E-state index contributed by atoms with van der Waals surface area (Å²) in [4.78, 5) is 71.6. The van der Waals surface area contributed by atoms with Crippen molar-refractivity contribution in [3.05, 3.63) is 0 Å². The fourth-order valence-corrected chi connectivity index (χ4v) is 9.70. The maximum atomic E-state index is 12.9. The van der Waals surface area contributed by atoms with Crippen molar-refractivity contribution >= 4 is 39.5 Å². The molecule has 75 heavy (non-hydrogen) atoms. The van der Waals surface area contributed by atoms with Crippen LogP contribution in [0.3, 0.4) is 0 Å². The molecule has 0 aliphatic carbocycles. The van der Waals surface area contributed by atoms with Gasteiger partial charge in [0.05, 0.1) is 26.4 Å². The molecule has 0 rings (SSSR count). The number of unbranched alkanes of at least 4 members (excludes halogenated alkanes) is 25. The molecule has 0 radical (unpaired) electrons. The zero-order valence-electron chi connectivity index (χ0n) is 47.8. The van der Waals surface area contributed by atoms with Crippen LogP contribution in [0.1, 0.15) is 266 Å². The first kappa shape index (κ1) is 73.1. The van der Waals surface area contributed by atoms with E-state index in [0.717, 1.165) is 121 Å². The predicted molar refractivity (Wildman–Crippen MR) is 294 cm³/mol. The number of ether oxygens (including phenoxy) is 4. The minimum atomic E-state index is -4.93. The summed E-state index contributed by atoms with van der Waals surface area (Å²) in [6.45, 7) is 9.23. The van der Waals surface area contributed by atoms with Gasteiger partial charge in [-0.2, -0.15) is 0 Å². The van der Waals surface area contributed by atoms with Gasteiger partial charge in [0.25, 0.3) is 0 Å². The third-order valence-corrected chi connectivity index (χ3v) is 14.6. The number of aliphatic hydroxyl groups is 1. The van der Waals surface area contributed by atoms with Crippen molar-refractivity contribution in [2.45, 2.75) is 285 Å². The Hall–Kier alpha value is -1.94. The van der Waals surface area contributed by atoms with Gasteiger partial charge in [-0.25, -0.2) is 9.13 Å². The van der Waals surface area contributed by atoms with Crippen LogP contribution in [0.2, 0.25) is 0 Å². The monoisotopic (exact) mass is 1110 g/mol. The van der Waals surface area contributed by atoms with Crippen LogP contribution >= 0.6 is 15.6 Å². The molecule has 0 heterocycles. The highest BCUT2D eigenvalue weighted by molar-refractivity contribution is 7.47. The largest absolute Gasteiger partial charge is 0.472 e. The number of carbonyl (C=O) groups excluding carboxylic acids is 4. The van der Waals surface area contributed by atoms with E-state index in [2.05, 4.69) is 41.5 Å². The molecule has 0 amide bonds. The van der Waals surface area contributed by atoms with Gasteiger partial charge in [0, 0.05) is 25.7 Å². The number of carbonyl (C=O) groups is 4. The van der Waals surface area contributed by atoms with Gasteiger partial charge >= 0.3 is 39.5 Å². The first-order valence-corrected chi connectivity index (χ1v) is 32.5. The first-order valence-electron chi connectivity index (χ1n) is 29.5. The summed E-state index contributed by atoms with van der Waals surface area (Å²) in [5.41, 5.74) is 0. The molecule has 0 aliphatic rings. The highest BCUT2D eigenvalue weighted by Gasteiger charge is 2.30. The molecule has 5 atom stereocenters. The molecule has 0 bridgehead atoms. The minimum absolute atomic E-state index is 0.103. The Balaban J connectivity index is 5.21. The number of rotatable bonds is 55. The van der Waals surface area contributed by atoms with Gasteiger partial charge in [0.15, 0.2) is 12.2 Å². The first-order chi connectivity index (χ1) is 35.9. The van der Waals surface area contributed by atoms with E-state index < -0.39 is 97.5 Å². The van der Waals surface area contributed by atoms with Crippen LogP contribution in [-0.4, -0.2) is 96.7 Å². The third kappa shape index (κ3) is 51.3. The maximum absolute atomic E-state index is 12.9. The van der Waals surface area contributed by atoms with Gasteiger partial charge in [0.1, 0.15) is 19.3 Å². The van der Waals surface area contributed by atoms with E-state index in [1.54, 1.807) is 0 Å². The van der Waals surface area contributed by atoms with Crippen molar-refractivity contribution < 1.29 is 80.2 Å². The summed E-state index contributed by atoms with van der Waals surface area (Å²) in [6, 6.07) is 0. The number of phosphoric ester groups is 2. The Kier molecular flexibility index (Phi) is 47.9. The zero-order chi connectivity index (χ0) is 55.8. The number of phosphoric acid groups is 2. The maximum Gasteiger partial charge on any atom is 0.472 e. The van der Waals surface area contributed by atoms with Crippen LogP contribution in [0, 0.1) is 11.8 Å². The number of aliphatic hydroxyl groups excluding tert-OH is 1. The summed E-state index contributed by atoms with van der Waals surface area (Å²) in [6.07, 6.45) is 28.3. The second-order valence-corrected chi connectivity index (χ2v) is 24.2. The Bertz CT molecular complexity index is 1500. The fraction of sp³-hybridized carbons (Fsp3) is 0.929. The van der Waals surface area contributed by atoms with Crippen molar-refractivity contribution in [1.29, 1.82) is 0 Å². The van der Waals surface area contributed by atoms with Crippen molar-refractivity contribution in [2.75, 3.05) is 39.6 Å². The van der Waals surface area contributed by atoms with Gasteiger partial charge in [0.2, 0.25) is 0 Å². The highest BCUT2D eigenvalue weighted by Crippen LogP contribution is 2.45. The van der Waals surface area contributed by atoms with Crippen LogP contribution in [0.15, 0.2) is 0 Å². The van der Waals surface area contributed by atoms with E-state index >= 15 is 0 Å². The van der Waals surface area contributed by atoms with Crippen molar-refractivity contribution in [3.63, 3.8) is 0 Å². The van der Waals surface area contributed by atoms with E-state index in [-0.39, 0.29) is 25.7 Å². The Morgan fingerprint density at radius 1 is 0.360 bits per heavy atom. The van der Waals surface area contributed by atoms with Crippen LogP contribution in [0.25, 0.3) is 0 Å². The number of hydrogen-bond acceptors (Lipinski definition) is 15. The Morgan fingerprint density at radius 2 is 0.613 bits per heavy atom. The number of hydrogen-bond donors (Lipinski definition) is 3. The SMILES string of the molecule is CCCCCCCCCCC(=O)O[C@H](COC(=O)CCCCCCCCC)COP(=O)(O)OC[C@H](O)COP(=O)(O)OC[C@@H](COC(=O)CCCCCCCCC(C)C)OC(=O)CCCCCCCCCCC(C)C. The normalized spacial score (nSPS) is 14.5. The summed E-state index contributed by atoms with van der Waals surface area (Å²) in [5.74, 6) is -0.758. The molecule has 19 heteroatoms. The molecule has 17 nitrogen and oxygen atoms in total. The third-order valence-electron chi connectivity index (χ3n) is 12.7. The van der Waals surface area contributed by atoms with Gasteiger partial charge in [-0.05, 0) is 37.5 Å². The average Bonchev–Trinajstić information content (AvgIpc) is 3.36. The minimum Gasteiger partial charge on any atom is -0.462 e. The second kappa shape index (κ2) is 49.1. The molecule has 2 unspecified atom stereocenters. The standard InChI is InChI=1S/C56H108O17P2/c1-7-9-11-13-15-20-28-34-40-55(60)72-51(44-66-53(58)38-32-26-18-14-12-10-8-2)46-70-74(62,63)68-42-50(57)43-69-75(64,65)71-47-52(45-67-54(59)39-33-27-23-22-25-31-37-49(5)6)73-56(61)41-35-29-21-17-16-19-24-30-36-48(3)4/h48-52,57H,7-47H2,1-6H3,(H,62,63)(H,64,65)/t50-,51+,52+/m0/s1. The molecule has 0 aliphatic heterocycles. The molecule has 444 valence electrons. The molecule has 0 fully saturated rings. The van der Waals surface area contributed by atoms with Crippen molar-refractivity contribution in [3.8, 4) is 0 Å². The van der Waals surface area contributed by atoms with Crippen LogP contribution < -0.4 is 0 Å². The molecule has 0 saturated heterocycles. The van der Waals surface area contributed by atoms with E-state index in [0.29, 0.717) is 31.6 Å². The highest BCUT2D eigenvalue weighted by atomic mass is 31.2. The van der Waals surface area contributed by atoms with Gasteiger partial charge in [-0.1, -0.05) is 215 Å². The lowest BCUT2D eigenvalue weighted by Crippen LogP contribution is -2.30. The molecular weight excluding hydrogens is 1010 g/mol. The Morgan fingerprint density at radius 3 is 0.907 bits per heavy atom. The summed E-state index contributed by atoms with van der Waals surface area (Å²) in [7, 11) is -9.86. The molecule has 0 saturated carbocycles. The molecule has 3 N–H and O–H groups in total. The van der Waals surface area contributed by atoms with E-state index in [9.17, 15) is 43.2 Å². The van der Waals surface area contributed by atoms with E-state index in [1.165, 1.54) is 57.8 Å². The van der Waals surface area contributed by atoms with Crippen LogP contribution in [-0.2, 0) is 65.4 Å². The Labute approximate surface area is 454 Å². The van der Waals surface area contributed by atoms with Crippen molar-refractivity contribution in [2.24, 2.45) is 11.8 Å². The second-order valence-electron chi connectivity index (χ2n) is 21.3. The van der Waals surface area contributed by atoms with Gasteiger partial charge < -0.3 is 33.8 Å². The predicted octanol–water partition coefficient (Wildman–Crippen LogP) is 14.5. The lowest BCUT2D eigenvalue weighted by atomic mass is 10.0. The molecular formula is C56H108O17P2.